The second kappa shape index (κ2) is 11.0. The lowest BCUT2D eigenvalue weighted by atomic mass is 10.0. The Bertz CT molecular complexity index is 1530. The van der Waals surface area contributed by atoms with Crippen molar-refractivity contribution in [1.29, 1.82) is 0 Å². The van der Waals surface area contributed by atoms with E-state index in [4.69, 9.17) is 4.52 Å². The van der Waals surface area contributed by atoms with E-state index in [9.17, 15) is 36.6 Å². The van der Waals surface area contributed by atoms with Crippen molar-refractivity contribution < 1.29 is 41.2 Å². The Balaban J connectivity index is 1.65. The maximum absolute atomic E-state index is 14.5. The number of hydrogen-bond acceptors (Lipinski definition) is 9. The number of nitrogens with zero attached hydrogens (tertiary/aromatic N) is 5. The fourth-order valence-corrected chi connectivity index (χ4v) is 3.37. The molecular weight excluding hydrogens is 547 g/mol. The lowest BCUT2D eigenvalue weighted by molar-refractivity contribution is -0.247. The number of hydrogen-bond donors (Lipinski definition) is 4. The average molecular weight is 566 g/mol. The molecule has 17 heteroatoms. The number of alkyl halides is 3. The van der Waals surface area contributed by atoms with Crippen LogP contribution in [0.4, 0.5) is 27.8 Å². The van der Waals surface area contributed by atoms with Gasteiger partial charge in [0, 0.05) is 18.6 Å². The molecule has 4 N–H and O–H groups in total. The largest absolute Gasteiger partial charge is 0.428 e. The molecule has 0 aliphatic carbocycles. The summed E-state index contributed by atoms with van der Waals surface area (Å²) in [6, 6.07) is 8.84. The molecule has 1 unspecified atom stereocenters. The number of hydrazine groups is 1. The van der Waals surface area contributed by atoms with Gasteiger partial charge in [-0.3, -0.25) is 25.1 Å². The minimum absolute atomic E-state index is 0.00636. The molecule has 4 aromatic rings. The van der Waals surface area contributed by atoms with Gasteiger partial charge in [-0.1, -0.05) is 23.4 Å². The van der Waals surface area contributed by atoms with Gasteiger partial charge in [0.1, 0.15) is 23.5 Å². The third-order valence-corrected chi connectivity index (χ3v) is 5.44. The van der Waals surface area contributed by atoms with Crippen molar-refractivity contribution in [3.8, 4) is 22.9 Å². The number of benzene rings is 1. The van der Waals surface area contributed by atoms with Gasteiger partial charge in [-0.2, -0.15) is 18.3 Å². The molecule has 2 amide bonds. The fourth-order valence-electron chi connectivity index (χ4n) is 3.37. The molecule has 1 atom stereocenters. The van der Waals surface area contributed by atoms with Crippen LogP contribution < -0.4 is 16.2 Å². The highest BCUT2D eigenvalue weighted by Crippen LogP contribution is 2.32. The summed E-state index contributed by atoms with van der Waals surface area (Å²) in [5.74, 6) is -5.71. The summed E-state index contributed by atoms with van der Waals surface area (Å²) in [5, 5.41) is 20.2. The van der Waals surface area contributed by atoms with Gasteiger partial charge in [-0.15, -0.1) is 0 Å². The molecule has 0 spiro atoms. The van der Waals surface area contributed by atoms with Crippen LogP contribution in [0.15, 0.2) is 53.4 Å². The standard InChI is InChI=1S/C23H19F5N8O4/c1-12(37)32-33-21(38)22(39,23(26,27)28)11-30-19-15(25)9-29-20(31-19)17-8-18(16-6-7-40-35-16)36(34-17)10-13-4-2-3-5-14(13)24/h2-9,39H,10-11H2,1H3,(H,32,37)(H,33,38)(H,29,30,31). The molecule has 4 rings (SSSR count). The number of rotatable bonds is 8. The highest BCUT2D eigenvalue weighted by atomic mass is 19.4. The molecule has 0 aliphatic heterocycles. The fraction of sp³-hybridized carbons (Fsp3) is 0.217. The minimum Gasteiger partial charge on any atom is -0.371 e. The maximum atomic E-state index is 14.5. The van der Waals surface area contributed by atoms with Gasteiger partial charge in [-0.25, -0.2) is 18.7 Å². The first-order valence-corrected chi connectivity index (χ1v) is 11.2. The quantitative estimate of drug-likeness (QED) is 0.185. The van der Waals surface area contributed by atoms with Crippen molar-refractivity contribution in [2.24, 2.45) is 0 Å². The number of carbonyl (C=O) groups is 2. The summed E-state index contributed by atoms with van der Waals surface area (Å²) in [4.78, 5) is 30.6. The predicted octanol–water partition coefficient (Wildman–Crippen LogP) is 2.19. The lowest BCUT2D eigenvalue weighted by Crippen LogP contribution is -2.63. The zero-order valence-electron chi connectivity index (χ0n) is 20.3. The smallest absolute Gasteiger partial charge is 0.371 e. The predicted molar refractivity (Wildman–Crippen MR) is 126 cm³/mol. The summed E-state index contributed by atoms with van der Waals surface area (Å²) in [7, 11) is 0. The zero-order chi connectivity index (χ0) is 29.1. The molecule has 3 heterocycles. The van der Waals surface area contributed by atoms with Crippen LogP contribution in [0.2, 0.25) is 0 Å². The van der Waals surface area contributed by atoms with Crippen molar-refractivity contribution in [2.75, 3.05) is 11.9 Å². The van der Waals surface area contributed by atoms with E-state index in [0.717, 1.165) is 6.92 Å². The highest BCUT2D eigenvalue weighted by Gasteiger charge is 2.59. The van der Waals surface area contributed by atoms with Gasteiger partial charge in [0.25, 0.3) is 11.5 Å². The number of anilines is 1. The molecule has 0 radical (unpaired) electrons. The van der Waals surface area contributed by atoms with Gasteiger partial charge in [0.05, 0.1) is 25.0 Å². The van der Waals surface area contributed by atoms with Crippen molar-refractivity contribution in [3.05, 3.63) is 66.1 Å². The molecule has 0 saturated heterocycles. The van der Waals surface area contributed by atoms with E-state index in [-0.39, 0.29) is 23.6 Å². The molecule has 210 valence electrons. The highest BCUT2D eigenvalue weighted by molar-refractivity contribution is 5.88. The van der Waals surface area contributed by atoms with E-state index in [1.54, 1.807) is 11.5 Å². The second-order valence-corrected chi connectivity index (χ2v) is 8.29. The van der Waals surface area contributed by atoms with E-state index in [0.29, 0.717) is 17.6 Å². The molecular formula is C23H19F5N8O4. The van der Waals surface area contributed by atoms with Gasteiger partial charge in [0.15, 0.2) is 17.5 Å². The number of carbonyl (C=O) groups excluding carboxylic acids is 2. The van der Waals surface area contributed by atoms with Crippen LogP contribution in [0, 0.1) is 11.6 Å². The topological polar surface area (TPSA) is 160 Å². The van der Waals surface area contributed by atoms with Crippen LogP contribution in [0.25, 0.3) is 22.9 Å². The number of aromatic nitrogens is 5. The lowest BCUT2D eigenvalue weighted by Gasteiger charge is -2.29. The van der Waals surface area contributed by atoms with E-state index in [1.807, 2.05) is 5.32 Å². The van der Waals surface area contributed by atoms with Crippen molar-refractivity contribution in [3.63, 3.8) is 0 Å². The summed E-state index contributed by atoms with van der Waals surface area (Å²) >= 11 is 0. The third-order valence-electron chi connectivity index (χ3n) is 5.44. The van der Waals surface area contributed by atoms with E-state index in [2.05, 4.69) is 20.2 Å². The molecule has 0 aliphatic rings. The Hall–Kier alpha value is -4.93. The normalized spacial score (nSPS) is 13.0. The molecule has 12 nitrogen and oxygen atoms in total. The number of halogens is 5. The van der Waals surface area contributed by atoms with Crippen LogP contribution in [0.5, 0.6) is 0 Å². The summed E-state index contributed by atoms with van der Waals surface area (Å²) < 4.78 is 75.7. The molecule has 0 fully saturated rings. The van der Waals surface area contributed by atoms with Gasteiger partial charge in [0.2, 0.25) is 5.91 Å². The first-order chi connectivity index (χ1) is 18.9. The molecule has 1 aromatic carbocycles. The Kier molecular flexibility index (Phi) is 7.76. The van der Waals surface area contributed by atoms with Crippen molar-refractivity contribution in [1.82, 2.24) is 35.8 Å². The molecule has 3 aromatic heterocycles. The van der Waals surface area contributed by atoms with Crippen LogP contribution in [0.3, 0.4) is 0 Å². The molecule has 0 saturated carbocycles. The Morgan fingerprint density at radius 1 is 1.07 bits per heavy atom. The van der Waals surface area contributed by atoms with Crippen molar-refractivity contribution >= 4 is 17.6 Å². The van der Waals surface area contributed by atoms with E-state index < -0.39 is 47.6 Å². The third kappa shape index (κ3) is 5.88. The summed E-state index contributed by atoms with van der Waals surface area (Å²) in [6.07, 6.45) is -3.61. The zero-order valence-corrected chi connectivity index (χ0v) is 20.3. The Morgan fingerprint density at radius 2 is 1.82 bits per heavy atom. The van der Waals surface area contributed by atoms with Crippen LogP contribution in [0.1, 0.15) is 12.5 Å². The van der Waals surface area contributed by atoms with Crippen molar-refractivity contribution in [2.45, 2.75) is 25.2 Å². The Morgan fingerprint density at radius 3 is 2.48 bits per heavy atom. The second-order valence-electron chi connectivity index (χ2n) is 8.29. The summed E-state index contributed by atoms with van der Waals surface area (Å²) in [5.41, 5.74) is -0.113. The van der Waals surface area contributed by atoms with E-state index in [1.165, 1.54) is 46.7 Å². The first kappa shape index (κ1) is 28.1. The van der Waals surface area contributed by atoms with Crippen LogP contribution in [-0.4, -0.2) is 60.1 Å². The van der Waals surface area contributed by atoms with Gasteiger partial charge in [-0.05, 0) is 12.1 Å². The molecule has 0 bridgehead atoms. The maximum Gasteiger partial charge on any atom is 0.428 e. The van der Waals surface area contributed by atoms with E-state index >= 15 is 0 Å². The van der Waals surface area contributed by atoms with Crippen LogP contribution >= 0.6 is 0 Å². The SMILES string of the molecule is CC(=O)NNC(=O)C(O)(CNc1nc(-c2cc(-c3ccon3)n(Cc3ccccc3F)n2)ncc1F)C(F)(F)F. The van der Waals surface area contributed by atoms with Gasteiger partial charge < -0.3 is 14.9 Å². The minimum atomic E-state index is -5.53. The first-order valence-electron chi connectivity index (χ1n) is 11.2. The number of nitrogens with one attached hydrogen (secondary N) is 3. The monoisotopic (exact) mass is 566 g/mol. The number of amides is 2. The molecule has 40 heavy (non-hydrogen) atoms. The van der Waals surface area contributed by atoms with Gasteiger partial charge >= 0.3 is 6.18 Å². The number of aliphatic hydroxyl groups is 1. The Labute approximate surface area is 221 Å². The average Bonchev–Trinajstić information content (AvgIpc) is 3.57. The summed E-state index contributed by atoms with van der Waals surface area (Å²) in [6.45, 7) is -0.737. The van der Waals surface area contributed by atoms with Crippen LogP contribution in [-0.2, 0) is 16.1 Å².